The smallest absolute Gasteiger partial charge is 0.0680 e. The Kier molecular flexibility index (Phi) is 1.88. The molecule has 0 fully saturated rings. The van der Waals surface area contributed by atoms with Gasteiger partial charge in [-0.3, -0.25) is 4.68 Å². The number of anilines is 1. The molecule has 2 aromatic rings. The first kappa shape index (κ1) is 8.03. The van der Waals surface area contributed by atoms with Crippen molar-refractivity contribution in [3.05, 3.63) is 24.4 Å². The SMILES string of the molecule is Cn1ncc2cc(NOO)ccc21. The van der Waals surface area contributed by atoms with Crippen LogP contribution in [0.5, 0.6) is 0 Å². The van der Waals surface area contributed by atoms with Crippen molar-refractivity contribution in [3.8, 4) is 0 Å². The molecule has 1 heterocycles. The highest BCUT2D eigenvalue weighted by Crippen LogP contribution is 2.17. The van der Waals surface area contributed by atoms with Crippen molar-refractivity contribution < 1.29 is 10.2 Å². The number of hydrogen-bond donors (Lipinski definition) is 2. The Morgan fingerprint density at radius 1 is 1.54 bits per heavy atom. The van der Waals surface area contributed by atoms with E-state index in [1.807, 2.05) is 19.2 Å². The van der Waals surface area contributed by atoms with Crippen LogP contribution in [0.3, 0.4) is 0 Å². The fourth-order valence-corrected chi connectivity index (χ4v) is 1.28. The highest BCUT2D eigenvalue weighted by molar-refractivity contribution is 5.82. The van der Waals surface area contributed by atoms with Crippen LogP contribution >= 0.6 is 0 Å². The van der Waals surface area contributed by atoms with E-state index in [1.54, 1.807) is 16.9 Å². The van der Waals surface area contributed by atoms with Gasteiger partial charge in [0, 0.05) is 12.4 Å². The summed E-state index contributed by atoms with van der Waals surface area (Å²) in [6.07, 6.45) is 1.75. The molecule has 5 heteroatoms. The highest BCUT2D eigenvalue weighted by atomic mass is 17.2. The van der Waals surface area contributed by atoms with Crippen molar-refractivity contribution >= 4 is 16.6 Å². The van der Waals surface area contributed by atoms with E-state index in [-0.39, 0.29) is 0 Å². The van der Waals surface area contributed by atoms with Gasteiger partial charge in [0.2, 0.25) is 0 Å². The first-order valence-electron chi connectivity index (χ1n) is 3.79. The second kappa shape index (κ2) is 3.04. The molecule has 2 N–H and O–H groups in total. The summed E-state index contributed by atoms with van der Waals surface area (Å²) in [5.74, 6) is 0. The highest BCUT2D eigenvalue weighted by Gasteiger charge is 1.99. The molecule has 68 valence electrons. The molecule has 0 saturated carbocycles. The molecule has 0 amide bonds. The van der Waals surface area contributed by atoms with Gasteiger partial charge in [0.1, 0.15) is 0 Å². The van der Waals surface area contributed by atoms with Crippen molar-refractivity contribution in [2.24, 2.45) is 7.05 Å². The molecule has 0 atom stereocenters. The van der Waals surface area contributed by atoms with Crippen molar-refractivity contribution in [1.29, 1.82) is 0 Å². The lowest BCUT2D eigenvalue weighted by molar-refractivity contribution is -0.215. The standard InChI is InChI=1S/C8H9N3O2/c1-11-8-3-2-7(10-13-12)4-6(8)5-9-11/h2-5,10,12H,1H3. The van der Waals surface area contributed by atoms with E-state index in [0.29, 0.717) is 5.69 Å². The first-order chi connectivity index (χ1) is 6.31. The zero-order valence-electron chi connectivity index (χ0n) is 7.06. The molecule has 13 heavy (non-hydrogen) atoms. The summed E-state index contributed by atoms with van der Waals surface area (Å²) in [6, 6.07) is 5.52. The lowest BCUT2D eigenvalue weighted by Crippen LogP contribution is -1.95. The van der Waals surface area contributed by atoms with E-state index < -0.39 is 0 Å². The first-order valence-corrected chi connectivity index (χ1v) is 3.79. The quantitative estimate of drug-likeness (QED) is 0.540. The normalized spacial score (nSPS) is 10.6. The molecule has 0 unspecified atom stereocenters. The van der Waals surface area contributed by atoms with Crippen molar-refractivity contribution in [3.63, 3.8) is 0 Å². The predicted molar refractivity (Wildman–Crippen MR) is 48.1 cm³/mol. The van der Waals surface area contributed by atoms with Gasteiger partial charge in [0.25, 0.3) is 0 Å². The maximum absolute atomic E-state index is 8.17. The van der Waals surface area contributed by atoms with E-state index in [1.165, 1.54) is 0 Å². The number of fused-ring (bicyclic) bond motifs is 1. The molecule has 0 radical (unpaired) electrons. The summed E-state index contributed by atoms with van der Waals surface area (Å²) in [6.45, 7) is 0. The van der Waals surface area contributed by atoms with Crippen LogP contribution in [0.15, 0.2) is 24.4 Å². The Bertz CT molecular complexity index is 424. The van der Waals surface area contributed by atoms with E-state index >= 15 is 0 Å². The Balaban J connectivity index is 2.50. The van der Waals surface area contributed by atoms with Crippen molar-refractivity contribution in [2.75, 3.05) is 5.48 Å². The molecule has 5 nitrogen and oxygen atoms in total. The third kappa shape index (κ3) is 1.34. The molecule has 0 spiro atoms. The molecule has 1 aromatic carbocycles. The maximum Gasteiger partial charge on any atom is 0.0680 e. The Hall–Kier alpha value is -1.59. The lowest BCUT2D eigenvalue weighted by Gasteiger charge is -2.00. The number of hydrogen-bond acceptors (Lipinski definition) is 4. The fourth-order valence-electron chi connectivity index (χ4n) is 1.28. The summed E-state index contributed by atoms with van der Waals surface area (Å²) < 4.78 is 1.78. The Morgan fingerprint density at radius 3 is 3.15 bits per heavy atom. The van der Waals surface area contributed by atoms with Crippen LogP contribution in [-0.4, -0.2) is 15.0 Å². The minimum absolute atomic E-state index is 0.683. The summed E-state index contributed by atoms with van der Waals surface area (Å²) in [5, 5.41) is 13.2. The van der Waals surface area contributed by atoms with E-state index in [9.17, 15) is 0 Å². The summed E-state index contributed by atoms with van der Waals surface area (Å²) in [7, 11) is 1.87. The van der Waals surface area contributed by atoms with Gasteiger partial charge in [-0.1, -0.05) is 0 Å². The van der Waals surface area contributed by atoms with Gasteiger partial charge in [-0.15, -0.1) is 4.99 Å². The summed E-state index contributed by atoms with van der Waals surface area (Å²) >= 11 is 0. The molecule has 2 rings (SSSR count). The Morgan fingerprint density at radius 2 is 2.38 bits per heavy atom. The van der Waals surface area contributed by atoms with Crippen LogP contribution in [0.25, 0.3) is 10.9 Å². The zero-order valence-corrected chi connectivity index (χ0v) is 7.06. The third-order valence-corrected chi connectivity index (χ3v) is 1.91. The molecular weight excluding hydrogens is 170 g/mol. The van der Waals surface area contributed by atoms with Crippen LogP contribution in [0, 0.1) is 0 Å². The fraction of sp³-hybridized carbons (Fsp3) is 0.125. The molecule has 1 aromatic heterocycles. The molecule has 0 bridgehead atoms. The topological polar surface area (TPSA) is 59.3 Å². The van der Waals surface area contributed by atoms with E-state index in [4.69, 9.17) is 5.26 Å². The molecular formula is C8H9N3O2. The van der Waals surface area contributed by atoms with Crippen LogP contribution in [0.2, 0.25) is 0 Å². The zero-order chi connectivity index (χ0) is 9.26. The van der Waals surface area contributed by atoms with Gasteiger partial charge in [-0.05, 0) is 18.2 Å². The minimum atomic E-state index is 0.683. The average Bonchev–Trinajstić information content (AvgIpc) is 2.48. The number of nitrogens with zero attached hydrogens (tertiary/aromatic N) is 2. The molecule has 0 aliphatic carbocycles. The van der Waals surface area contributed by atoms with Gasteiger partial charge in [0.05, 0.1) is 17.4 Å². The number of benzene rings is 1. The van der Waals surface area contributed by atoms with E-state index in [2.05, 4.69) is 15.6 Å². The van der Waals surface area contributed by atoms with Crippen LogP contribution in [0.1, 0.15) is 0 Å². The second-order valence-electron chi connectivity index (χ2n) is 2.74. The van der Waals surface area contributed by atoms with Crippen molar-refractivity contribution in [2.45, 2.75) is 0 Å². The van der Waals surface area contributed by atoms with Crippen LogP contribution in [-0.2, 0) is 12.0 Å². The monoisotopic (exact) mass is 179 g/mol. The average molecular weight is 179 g/mol. The van der Waals surface area contributed by atoms with Crippen molar-refractivity contribution in [1.82, 2.24) is 9.78 Å². The second-order valence-corrected chi connectivity index (χ2v) is 2.74. The lowest BCUT2D eigenvalue weighted by atomic mass is 10.2. The number of aryl methyl sites for hydroxylation is 1. The van der Waals surface area contributed by atoms with Crippen LogP contribution < -0.4 is 5.48 Å². The summed E-state index contributed by atoms with van der Waals surface area (Å²) in [4.78, 5) is 3.81. The summed E-state index contributed by atoms with van der Waals surface area (Å²) in [5.41, 5.74) is 4.04. The third-order valence-electron chi connectivity index (χ3n) is 1.91. The largest absolute Gasteiger partial charge is 0.268 e. The van der Waals surface area contributed by atoms with Gasteiger partial charge < -0.3 is 0 Å². The van der Waals surface area contributed by atoms with Crippen LogP contribution in [0.4, 0.5) is 5.69 Å². The number of aromatic nitrogens is 2. The van der Waals surface area contributed by atoms with Gasteiger partial charge in [0.15, 0.2) is 0 Å². The minimum Gasteiger partial charge on any atom is -0.268 e. The molecule has 0 saturated heterocycles. The van der Waals surface area contributed by atoms with Gasteiger partial charge >= 0.3 is 0 Å². The van der Waals surface area contributed by atoms with E-state index in [0.717, 1.165) is 10.9 Å². The van der Waals surface area contributed by atoms with Gasteiger partial charge in [-0.2, -0.15) is 5.10 Å². The molecule has 0 aliphatic heterocycles. The van der Waals surface area contributed by atoms with Gasteiger partial charge in [-0.25, -0.2) is 10.7 Å². The Labute approximate surface area is 74.4 Å². The maximum atomic E-state index is 8.17. The predicted octanol–water partition coefficient (Wildman–Crippen LogP) is 1.39. The molecule has 0 aliphatic rings. The number of rotatable bonds is 2. The number of nitrogens with one attached hydrogen (secondary N) is 1.